The summed E-state index contributed by atoms with van der Waals surface area (Å²) in [5.41, 5.74) is 6.74. The third-order valence-corrected chi connectivity index (χ3v) is 5.94. The van der Waals surface area contributed by atoms with Gasteiger partial charge in [0.2, 0.25) is 0 Å². The van der Waals surface area contributed by atoms with Crippen LogP contribution in [0.25, 0.3) is 0 Å². The van der Waals surface area contributed by atoms with Gasteiger partial charge in [-0.2, -0.15) is 0 Å². The smallest absolute Gasteiger partial charge is 0.333 e. The first-order chi connectivity index (χ1) is 11.6. The van der Waals surface area contributed by atoms with Gasteiger partial charge in [-0.3, -0.25) is 4.52 Å². The summed E-state index contributed by atoms with van der Waals surface area (Å²) in [7, 11) is -0.491. The van der Waals surface area contributed by atoms with E-state index in [9.17, 15) is 14.5 Å². The van der Waals surface area contributed by atoms with Gasteiger partial charge in [0.05, 0.1) is 12.2 Å². The van der Waals surface area contributed by atoms with E-state index >= 15 is 0 Å². The predicted molar refractivity (Wildman–Crippen MR) is 93.9 cm³/mol. The van der Waals surface area contributed by atoms with Gasteiger partial charge in [0.1, 0.15) is 0 Å². The molecule has 2 unspecified atom stereocenters. The van der Waals surface area contributed by atoms with Crippen molar-refractivity contribution in [1.82, 2.24) is 0 Å². The van der Waals surface area contributed by atoms with Gasteiger partial charge in [-0.15, -0.1) is 0 Å². The van der Waals surface area contributed by atoms with E-state index in [0.29, 0.717) is 11.8 Å². The number of carboxylic acid groups (broad SMARTS) is 1. The molecule has 2 saturated carbocycles. The standard InChI is InChI=1S/C18H30NO4P/c19-17(10-13-6-2-1-3-7-13)16(14-8-4-5-9-14)11-15(18(20)21)12-23-24-22/h11,13-14,16-17H,1-10,12,19H2,(H,20,21)/b15-11+. The fraction of sp³-hybridized carbons (Fsp3) is 0.833. The summed E-state index contributed by atoms with van der Waals surface area (Å²) in [5.74, 6) is 0.206. The zero-order valence-corrected chi connectivity index (χ0v) is 15.3. The summed E-state index contributed by atoms with van der Waals surface area (Å²) in [6, 6.07) is -0.00430. The lowest BCUT2D eigenvalue weighted by molar-refractivity contribution is -0.133. The Morgan fingerprint density at radius 3 is 2.38 bits per heavy atom. The van der Waals surface area contributed by atoms with Crippen LogP contribution in [0.15, 0.2) is 11.6 Å². The number of carbonyl (C=O) groups is 1. The molecule has 2 fully saturated rings. The van der Waals surface area contributed by atoms with Crippen LogP contribution in [0, 0.1) is 17.8 Å². The molecule has 0 radical (unpaired) electrons. The number of hydrogen-bond donors (Lipinski definition) is 2. The summed E-state index contributed by atoms with van der Waals surface area (Å²) in [6.07, 6.45) is 13.8. The topological polar surface area (TPSA) is 89.6 Å². The zero-order chi connectivity index (χ0) is 17.4. The third-order valence-electron chi connectivity index (χ3n) is 5.71. The quantitative estimate of drug-likeness (QED) is 0.475. The summed E-state index contributed by atoms with van der Waals surface area (Å²) < 4.78 is 15.3. The van der Waals surface area contributed by atoms with Crippen LogP contribution in [0.1, 0.15) is 64.2 Å². The maximum absolute atomic E-state index is 11.5. The van der Waals surface area contributed by atoms with Gasteiger partial charge in [-0.05, 0) is 37.0 Å². The van der Waals surface area contributed by atoms with Gasteiger partial charge in [0, 0.05) is 6.04 Å². The lowest BCUT2D eigenvalue weighted by Crippen LogP contribution is -2.36. The minimum absolute atomic E-state index is 0.00430. The van der Waals surface area contributed by atoms with Crippen LogP contribution >= 0.6 is 8.69 Å². The van der Waals surface area contributed by atoms with E-state index in [4.69, 9.17) is 10.3 Å². The highest BCUT2D eigenvalue weighted by atomic mass is 31.1. The van der Waals surface area contributed by atoms with Crippen LogP contribution in [0.5, 0.6) is 0 Å². The van der Waals surface area contributed by atoms with Crippen LogP contribution in [0.3, 0.4) is 0 Å². The lowest BCUT2D eigenvalue weighted by Gasteiger charge is -2.31. The van der Waals surface area contributed by atoms with Gasteiger partial charge >= 0.3 is 14.7 Å². The third kappa shape index (κ3) is 5.94. The lowest BCUT2D eigenvalue weighted by atomic mass is 9.77. The Bertz CT molecular complexity index is 442. The molecule has 2 aliphatic carbocycles. The molecule has 3 N–H and O–H groups in total. The summed E-state index contributed by atoms with van der Waals surface area (Å²) >= 11 is 0. The van der Waals surface area contributed by atoms with Crippen molar-refractivity contribution in [2.75, 3.05) is 6.61 Å². The average Bonchev–Trinajstić information content (AvgIpc) is 3.09. The minimum Gasteiger partial charge on any atom is -0.478 e. The highest BCUT2D eigenvalue weighted by Gasteiger charge is 2.31. The minimum atomic E-state index is -1.01. The molecule has 0 aliphatic heterocycles. The van der Waals surface area contributed by atoms with Gasteiger partial charge in [0.15, 0.2) is 0 Å². The Hall–Kier alpha value is -0.770. The van der Waals surface area contributed by atoms with Crippen molar-refractivity contribution in [1.29, 1.82) is 0 Å². The van der Waals surface area contributed by atoms with Gasteiger partial charge < -0.3 is 10.8 Å². The van der Waals surface area contributed by atoms with E-state index in [0.717, 1.165) is 19.3 Å². The SMILES string of the molecule is NC(CC1CCCCC1)C(/C=C(\COP=O)C(=O)O)C1CCCC1. The Labute approximate surface area is 146 Å². The monoisotopic (exact) mass is 355 g/mol. The van der Waals surface area contributed by atoms with Crippen molar-refractivity contribution in [2.45, 2.75) is 70.3 Å². The van der Waals surface area contributed by atoms with E-state index in [1.54, 1.807) is 6.08 Å². The molecular formula is C18H30NO4P. The summed E-state index contributed by atoms with van der Waals surface area (Å²) in [5, 5.41) is 9.40. The number of hydrogen-bond acceptors (Lipinski definition) is 4. The molecule has 0 spiro atoms. The van der Waals surface area contributed by atoms with E-state index in [1.165, 1.54) is 44.9 Å². The first kappa shape index (κ1) is 19.6. The second-order valence-corrected chi connectivity index (χ2v) is 7.78. The van der Waals surface area contributed by atoms with Crippen LogP contribution in [0.4, 0.5) is 0 Å². The number of carboxylic acids is 1. The first-order valence-electron chi connectivity index (χ1n) is 9.26. The van der Waals surface area contributed by atoms with E-state index in [2.05, 4.69) is 0 Å². The molecule has 0 bridgehead atoms. The van der Waals surface area contributed by atoms with E-state index in [-0.39, 0.29) is 24.1 Å². The maximum atomic E-state index is 11.5. The number of aliphatic carboxylic acids is 1. The van der Waals surface area contributed by atoms with Crippen LogP contribution in [0.2, 0.25) is 0 Å². The van der Waals surface area contributed by atoms with Crippen molar-refractivity contribution < 1.29 is 19.0 Å². The van der Waals surface area contributed by atoms with Gasteiger partial charge in [-0.25, -0.2) is 9.36 Å². The largest absolute Gasteiger partial charge is 0.478 e. The summed E-state index contributed by atoms with van der Waals surface area (Å²) in [6.45, 7) is -0.139. The molecule has 0 aromatic heterocycles. The van der Waals surface area contributed by atoms with Crippen molar-refractivity contribution in [3.8, 4) is 0 Å². The van der Waals surface area contributed by atoms with Crippen molar-refractivity contribution in [3.05, 3.63) is 11.6 Å². The Balaban J connectivity index is 2.09. The second kappa shape index (κ2) is 10.3. The molecule has 0 aromatic carbocycles. The number of nitrogens with two attached hydrogens (primary N) is 1. The molecule has 24 heavy (non-hydrogen) atoms. The molecule has 2 rings (SSSR count). The highest BCUT2D eigenvalue weighted by molar-refractivity contribution is 7.17. The molecule has 0 aromatic rings. The Morgan fingerprint density at radius 1 is 1.17 bits per heavy atom. The normalized spacial score (nSPS) is 23.5. The van der Waals surface area contributed by atoms with Crippen molar-refractivity contribution in [3.63, 3.8) is 0 Å². The van der Waals surface area contributed by atoms with E-state index in [1.807, 2.05) is 0 Å². The molecule has 0 saturated heterocycles. The molecule has 2 atom stereocenters. The first-order valence-corrected chi connectivity index (χ1v) is 9.99. The molecule has 136 valence electrons. The van der Waals surface area contributed by atoms with Gasteiger partial charge in [-0.1, -0.05) is 51.0 Å². The van der Waals surface area contributed by atoms with E-state index < -0.39 is 14.7 Å². The number of rotatable bonds is 9. The summed E-state index contributed by atoms with van der Waals surface area (Å²) in [4.78, 5) is 11.5. The molecule has 2 aliphatic rings. The maximum Gasteiger partial charge on any atom is 0.333 e. The van der Waals surface area contributed by atoms with Crippen LogP contribution < -0.4 is 5.73 Å². The van der Waals surface area contributed by atoms with Gasteiger partial charge in [0.25, 0.3) is 0 Å². The highest BCUT2D eigenvalue weighted by Crippen LogP contribution is 2.37. The Morgan fingerprint density at radius 2 is 1.79 bits per heavy atom. The molecule has 0 amide bonds. The molecular weight excluding hydrogens is 325 g/mol. The van der Waals surface area contributed by atoms with Crippen LogP contribution in [-0.2, 0) is 13.9 Å². The average molecular weight is 355 g/mol. The Kier molecular flexibility index (Phi) is 8.37. The second-order valence-electron chi connectivity index (χ2n) is 7.37. The molecule has 5 nitrogen and oxygen atoms in total. The molecule has 0 heterocycles. The zero-order valence-electron chi connectivity index (χ0n) is 14.4. The van der Waals surface area contributed by atoms with Crippen molar-refractivity contribution in [2.24, 2.45) is 23.5 Å². The van der Waals surface area contributed by atoms with Crippen molar-refractivity contribution >= 4 is 14.7 Å². The fourth-order valence-corrected chi connectivity index (χ4v) is 4.62. The fourth-order valence-electron chi connectivity index (χ4n) is 4.43. The van der Waals surface area contributed by atoms with Crippen LogP contribution in [-0.4, -0.2) is 23.7 Å². The predicted octanol–water partition coefficient (Wildman–Crippen LogP) is 4.32. The molecule has 6 heteroatoms.